The van der Waals surface area contributed by atoms with Crippen LogP contribution in [0.3, 0.4) is 0 Å². The summed E-state index contributed by atoms with van der Waals surface area (Å²) in [4.78, 5) is 30.0. The summed E-state index contributed by atoms with van der Waals surface area (Å²) in [7, 11) is -3.92. The van der Waals surface area contributed by atoms with Gasteiger partial charge in [0.25, 0.3) is 15.9 Å². The lowest BCUT2D eigenvalue weighted by molar-refractivity contribution is -0.123. The smallest absolute Gasteiger partial charge is 0.263 e. The molecule has 162 valence electrons. The summed E-state index contributed by atoms with van der Waals surface area (Å²) in [5, 5.41) is 0.145. The van der Waals surface area contributed by atoms with Crippen molar-refractivity contribution in [3.8, 4) is 0 Å². The predicted octanol–water partition coefficient (Wildman–Crippen LogP) is 2.57. The first-order chi connectivity index (χ1) is 14.7. The van der Waals surface area contributed by atoms with E-state index < -0.39 is 15.8 Å². The summed E-state index contributed by atoms with van der Waals surface area (Å²) >= 11 is 1.10. The second kappa shape index (κ2) is 8.23. The summed E-state index contributed by atoms with van der Waals surface area (Å²) < 4.78 is 41.1. The van der Waals surface area contributed by atoms with E-state index in [4.69, 9.17) is 5.73 Å². The molecule has 0 saturated carbocycles. The monoisotopic (exact) mass is 462 g/mol. The molecule has 0 radical (unpaired) electrons. The van der Waals surface area contributed by atoms with Gasteiger partial charge in [-0.25, -0.2) is 17.8 Å². The Morgan fingerprint density at radius 1 is 1.13 bits per heavy atom. The van der Waals surface area contributed by atoms with Crippen molar-refractivity contribution in [2.45, 2.75) is 17.7 Å². The number of nitrogens with two attached hydrogens (primary N) is 1. The van der Waals surface area contributed by atoms with E-state index in [1.54, 1.807) is 23.1 Å². The average molecular weight is 463 g/mol. The van der Waals surface area contributed by atoms with Crippen molar-refractivity contribution < 1.29 is 22.4 Å². The Bertz CT molecular complexity index is 1250. The minimum absolute atomic E-state index is 0.0802. The highest BCUT2D eigenvalue weighted by molar-refractivity contribution is 7.93. The molecule has 1 aliphatic rings. The molecule has 31 heavy (non-hydrogen) atoms. The van der Waals surface area contributed by atoms with Crippen molar-refractivity contribution in [1.29, 1.82) is 0 Å². The molecule has 2 aromatic carbocycles. The molecule has 0 atom stereocenters. The Balaban J connectivity index is 1.51. The summed E-state index contributed by atoms with van der Waals surface area (Å²) in [6.45, 7) is 0.909. The zero-order valence-corrected chi connectivity index (χ0v) is 17.9. The molecule has 3 N–H and O–H groups in total. The molecule has 1 aromatic heterocycles. The van der Waals surface area contributed by atoms with E-state index in [1.807, 2.05) is 0 Å². The van der Waals surface area contributed by atoms with E-state index >= 15 is 0 Å². The highest BCUT2D eigenvalue weighted by Gasteiger charge is 2.26. The van der Waals surface area contributed by atoms with Gasteiger partial charge < -0.3 is 10.6 Å². The molecule has 1 saturated heterocycles. The number of amides is 2. The molecule has 4 rings (SSSR count). The Hall–Kier alpha value is -3.05. The van der Waals surface area contributed by atoms with Gasteiger partial charge in [-0.1, -0.05) is 11.3 Å². The normalized spacial score (nSPS) is 15.2. The van der Waals surface area contributed by atoms with Gasteiger partial charge in [0.15, 0.2) is 5.13 Å². The Morgan fingerprint density at radius 2 is 1.81 bits per heavy atom. The van der Waals surface area contributed by atoms with Crippen molar-refractivity contribution in [3.05, 3.63) is 53.8 Å². The van der Waals surface area contributed by atoms with Gasteiger partial charge in [-0.2, -0.15) is 0 Å². The van der Waals surface area contributed by atoms with Gasteiger partial charge in [-0.3, -0.25) is 14.3 Å². The third-order valence-corrected chi connectivity index (χ3v) is 7.58. The van der Waals surface area contributed by atoms with Crippen LogP contribution in [0, 0.1) is 11.7 Å². The number of aromatic nitrogens is 1. The molecule has 0 unspecified atom stereocenters. The van der Waals surface area contributed by atoms with Crippen LogP contribution < -0.4 is 10.5 Å². The van der Waals surface area contributed by atoms with Crippen LogP contribution in [0.15, 0.2) is 47.4 Å². The number of hydrogen-bond donors (Lipinski definition) is 2. The number of carbonyl (C=O) groups excluding carboxylic acids is 2. The number of primary amides is 1. The third-order valence-electron chi connectivity index (χ3n) is 5.17. The standard InChI is InChI=1S/C20H19FN4O4S2/c21-14-2-4-15(5-3-14)31(28,29)24-20-23-16-6-1-13(11-17(16)30-20)19(27)25-9-7-12(8-10-25)18(22)26/h1-6,11-12H,7-10H2,(H2,22,26)(H,23,24). The van der Waals surface area contributed by atoms with Crippen LogP contribution in [0.1, 0.15) is 23.2 Å². The minimum atomic E-state index is -3.92. The zero-order chi connectivity index (χ0) is 22.2. The first-order valence-corrected chi connectivity index (χ1v) is 11.8. The summed E-state index contributed by atoms with van der Waals surface area (Å²) in [5.41, 5.74) is 6.35. The van der Waals surface area contributed by atoms with Gasteiger partial charge in [-0.05, 0) is 55.3 Å². The molecular formula is C20H19FN4O4S2. The number of halogens is 1. The lowest BCUT2D eigenvalue weighted by Gasteiger charge is -2.30. The minimum Gasteiger partial charge on any atom is -0.369 e. The fourth-order valence-corrected chi connectivity index (χ4v) is 5.58. The Kier molecular flexibility index (Phi) is 5.63. The maximum atomic E-state index is 13.1. The second-order valence-corrected chi connectivity index (χ2v) is 9.94. The van der Waals surface area contributed by atoms with Crippen LogP contribution in [0.2, 0.25) is 0 Å². The van der Waals surface area contributed by atoms with Crippen LogP contribution in [0.4, 0.5) is 9.52 Å². The number of nitrogens with zero attached hydrogens (tertiary/aromatic N) is 2. The largest absolute Gasteiger partial charge is 0.369 e. The predicted molar refractivity (Wildman–Crippen MR) is 115 cm³/mol. The third kappa shape index (κ3) is 4.52. The van der Waals surface area contributed by atoms with E-state index in [9.17, 15) is 22.4 Å². The quantitative estimate of drug-likeness (QED) is 0.603. The summed E-state index contributed by atoms with van der Waals surface area (Å²) in [6, 6.07) is 9.44. The number of nitrogens with one attached hydrogen (secondary N) is 1. The number of likely N-dealkylation sites (tertiary alicyclic amines) is 1. The van der Waals surface area contributed by atoms with E-state index in [-0.39, 0.29) is 27.8 Å². The first-order valence-electron chi connectivity index (χ1n) is 9.50. The van der Waals surface area contributed by atoms with Gasteiger partial charge in [0.05, 0.1) is 15.1 Å². The Morgan fingerprint density at radius 3 is 2.45 bits per heavy atom. The topological polar surface area (TPSA) is 122 Å². The number of fused-ring (bicyclic) bond motifs is 1. The van der Waals surface area contributed by atoms with Crippen LogP contribution >= 0.6 is 11.3 Å². The highest BCUT2D eigenvalue weighted by Crippen LogP contribution is 2.29. The number of piperidine rings is 1. The van der Waals surface area contributed by atoms with E-state index in [1.165, 1.54) is 12.1 Å². The van der Waals surface area contributed by atoms with Crippen molar-refractivity contribution in [2.24, 2.45) is 11.7 Å². The van der Waals surface area contributed by atoms with Crippen molar-refractivity contribution in [2.75, 3.05) is 17.8 Å². The molecule has 1 aliphatic heterocycles. The molecule has 2 amide bonds. The lowest BCUT2D eigenvalue weighted by atomic mass is 9.96. The first kappa shape index (κ1) is 21.2. The van der Waals surface area contributed by atoms with Crippen LogP contribution in [-0.4, -0.2) is 43.2 Å². The second-order valence-electron chi connectivity index (χ2n) is 7.23. The van der Waals surface area contributed by atoms with Crippen LogP contribution in [0.25, 0.3) is 10.2 Å². The summed E-state index contributed by atoms with van der Waals surface area (Å²) in [5.74, 6) is -1.24. The fourth-order valence-electron chi connectivity index (χ4n) is 3.44. The van der Waals surface area contributed by atoms with Crippen molar-refractivity contribution in [3.63, 3.8) is 0 Å². The number of thiazole rings is 1. The van der Waals surface area contributed by atoms with Crippen LogP contribution in [-0.2, 0) is 14.8 Å². The summed E-state index contributed by atoms with van der Waals surface area (Å²) in [6.07, 6.45) is 1.08. The number of benzene rings is 2. The van der Waals surface area contributed by atoms with E-state index in [2.05, 4.69) is 9.71 Å². The molecular weight excluding hydrogens is 443 g/mol. The maximum Gasteiger partial charge on any atom is 0.263 e. The maximum absolute atomic E-state index is 13.1. The van der Waals surface area contributed by atoms with E-state index in [0.717, 1.165) is 23.5 Å². The van der Waals surface area contributed by atoms with Gasteiger partial charge in [0.1, 0.15) is 5.82 Å². The van der Waals surface area contributed by atoms with Gasteiger partial charge >= 0.3 is 0 Å². The molecule has 3 aromatic rings. The van der Waals surface area contributed by atoms with Gasteiger partial charge in [-0.15, -0.1) is 0 Å². The molecule has 1 fully saturated rings. The van der Waals surface area contributed by atoms with Crippen LogP contribution in [0.5, 0.6) is 0 Å². The zero-order valence-electron chi connectivity index (χ0n) is 16.2. The van der Waals surface area contributed by atoms with Crippen molar-refractivity contribution in [1.82, 2.24) is 9.88 Å². The number of rotatable bonds is 5. The highest BCUT2D eigenvalue weighted by atomic mass is 32.2. The van der Waals surface area contributed by atoms with Gasteiger partial charge in [0.2, 0.25) is 5.91 Å². The number of hydrogen-bond acceptors (Lipinski definition) is 6. The number of anilines is 1. The van der Waals surface area contributed by atoms with E-state index in [0.29, 0.717) is 41.7 Å². The lowest BCUT2D eigenvalue weighted by Crippen LogP contribution is -2.41. The Labute approximate surface area is 181 Å². The molecule has 11 heteroatoms. The molecule has 2 heterocycles. The number of sulfonamides is 1. The average Bonchev–Trinajstić information content (AvgIpc) is 3.14. The van der Waals surface area contributed by atoms with Crippen molar-refractivity contribution >= 4 is 48.5 Å². The molecule has 0 bridgehead atoms. The molecule has 0 aliphatic carbocycles. The van der Waals surface area contributed by atoms with Gasteiger partial charge in [0, 0.05) is 24.6 Å². The molecule has 0 spiro atoms. The SMILES string of the molecule is NC(=O)C1CCN(C(=O)c2ccc3nc(NS(=O)(=O)c4ccc(F)cc4)sc3c2)CC1. The fraction of sp³-hybridized carbons (Fsp3) is 0.250. The number of carbonyl (C=O) groups is 2. The molecule has 8 nitrogen and oxygen atoms in total.